The van der Waals surface area contributed by atoms with Crippen molar-refractivity contribution in [3.05, 3.63) is 58.3 Å². The van der Waals surface area contributed by atoms with Crippen molar-refractivity contribution in [1.29, 1.82) is 0 Å². The molecule has 0 fully saturated rings. The van der Waals surface area contributed by atoms with Crippen LogP contribution in [0.4, 0.5) is 4.39 Å². The number of hydrogen-bond acceptors (Lipinski definition) is 5. The Morgan fingerprint density at radius 2 is 2.04 bits per heavy atom. The van der Waals surface area contributed by atoms with Crippen molar-refractivity contribution in [3.8, 4) is 17.2 Å². The van der Waals surface area contributed by atoms with E-state index < -0.39 is 0 Å². The van der Waals surface area contributed by atoms with E-state index in [0.29, 0.717) is 39.3 Å². The molecule has 24 heavy (non-hydrogen) atoms. The zero-order chi connectivity index (χ0) is 16.9. The van der Waals surface area contributed by atoms with Crippen LogP contribution in [0.5, 0.6) is 5.75 Å². The number of hydrogen-bond donors (Lipinski definition) is 0. The highest BCUT2D eigenvalue weighted by atomic mass is 79.9. The third kappa shape index (κ3) is 3.96. The average Bonchev–Trinajstić information content (AvgIpc) is 3.04. The van der Waals surface area contributed by atoms with Crippen LogP contribution in [0, 0.1) is 5.82 Å². The molecule has 7 heteroatoms. The van der Waals surface area contributed by atoms with Gasteiger partial charge >= 0.3 is 0 Å². The molecule has 0 bridgehead atoms. The van der Waals surface area contributed by atoms with Crippen molar-refractivity contribution in [2.24, 2.45) is 0 Å². The van der Waals surface area contributed by atoms with Gasteiger partial charge < -0.3 is 9.15 Å². The summed E-state index contributed by atoms with van der Waals surface area (Å²) in [5, 5.41) is 8.46. The van der Waals surface area contributed by atoms with E-state index in [1.54, 1.807) is 12.1 Å². The van der Waals surface area contributed by atoms with Crippen LogP contribution in [0.3, 0.4) is 0 Å². The van der Waals surface area contributed by atoms with Crippen LogP contribution >= 0.6 is 27.7 Å². The van der Waals surface area contributed by atoms with Gasteiger partial charge in [-0.2, -0.15) is 0 Å². The Hall–Kier alpha value is -1.86. The minimum absolute atomic E-state index is 0.265. The molecule has 3 aromatic rings. The molecule has 0 aliphatic carbocycles. The molecular weight excluding hydrogens is 395 g/mol. The highest BCUT2D eigenvalue weighted by molar-refractivity contribution is 9.10. The first-order valence-electron chi connectivity index (χ1n) is 7.30. The second-order valence-corrected chi connectivity index (χ2v) is 6.67. The summed E-state index contributed by atoms with van der Waals surface area (Å²) < 4.78 is 25.8. The van der Waals surface area contributed by atoms with Gasteiger partial charge in [-0.3, -0.25) is 0 Å². The zero-order valence-corrected chi connectivity index (χ0v) is 15.2. The van der Waals surface area contributed by atoms with Gasteiger partial charge in [-0.15, -0.1) is 10.2 Å². The van der Waals surface area contributed by atoms with Crippen LogP contribution in [0.2, 0.25) is 0 Å². The smallest absolute Gasteiger partial charge is 0.277 e. The molecule has 0 unspecified atom stereocenters. The van der Waals surface area contributed by atoms with Crippen molar-refractivity contribution in [1.82, 2.24) is 10.2 Å². The molecule has 0 aliphatic rings. The highest BCUT2D eigenvalue weighted by Crippen LogP contribution is 2.32. The molecular formula is C17H14BrFN2O2S. The Bertz CT molecular complexity index is 841. The topological polar surface area (TPSA) is 48.2 Å². The monoisotopic (exact) mass is 408 g/mol. The summed E-state index contributed by atoms with van der Waals surface area (Å²) in [4.78, 5) is 0. The highest BCUT2D eigenvalue weighted by Gasteiger charge is 2.14. The lowest BCUT2D eigenvalue weighted by Crippen LogP contribution is -1.93. The second kappa shape index (κ2) is 7.81. The van der Waals surface area contributed by atoms with Crippen LogP contribution in [0.1, 0.15) is 12.5 Å². The summed E-state index contributed by atoms with van der Waals surface area (Å²) in [5.74, 6) is 1.23. The van der Waals surface area contributed by atoms with Crippen molar-refractivity contribution in [3.63, 3.8) is 0 Å². The molecule has 0 spiro atoms. The van der Waals surface area contributed by atoms with E-state index >= 15 is 0 Å². The Labute approximate surface area is 151 Å². The van der Waals surface area contributed by atoms with Crippen LogP contribution in [0.25, 0.3) is 11.5 Å². The number of benzene rings is 2. The third-order valence-corrected chi connectivity index (χ3v) is 4.55. The van der Waals surface area contributed by atoms with Crippen molar-refractivity contribution in [2.45, 2.75) is 17.9 Å². The van der Waals surface area contributed by atoms with Crippen LogP contribution in [0.15, 0.2) is 56.6 Å². The number of aromatic nitrogens is 2. The van der Waals surface area contributed by atoms with Crippen molar-refractivity contribution in [2.75, 3.05) is 6.61 Å². The summed E-state index contributed by atoms with van der Waals surface area (Å²) in [6.07, 6.45) is 0. The predicted molar refractivity (Wildman–Crippen MR) is 94.6 cm³/mol. The predicted octanol–water partition coefficient (Wildman–Crippen LogP) is 5.33. The lowest BCUT2D eigenvalue weighted by molar-refractivity contribution is 0.340. The van der Waals surface area contributed by atoms with Crippen LogP contribution in [-0.4, -0.2) is 16.8 Å². The maximum absolute atomic E-state index is 13.8. The molecule has 0 atom stereocenters. The number of rotatable bonds is 6. The van der Waals surface area contributed by atoms with Crippen molar-refractivity contribution < 1.29 is 13.5 Å². The quantitative estimate of drug-likeness (QED) is 0.515. The Morgan fingerprint density at radius 1 is 1.21 bits per heavy atom. The minimum Gasteiger partial charge on any atom is -0.493 e. The number of nitrogens with zero attached hydrogens (tertiary/aromatic N) is 2. The standard InChI is InChI=1S/C17H14BrFN2O2S/c1-2-22-15-6-4-3-5-13(15)16-20-21-17(23-16)24-10-11-7-8-12(18)9-14(11)19/h3-9H,2,10H2,1H3. The van der Waals surface area contributed by atoms with Gasteiger partial charge in [-0.05, 0) is 36.8 Å². The molecule has 1 aromatic heterocycles. The number of thioether (sulfide) groups is 1. The third-order valence-electron chi connectivity index (χ3n) is 3.19. The van der Waals surface area contributed by atoms with Gasteiger partial charge in [0.15, 0.2) is 0 Å². The van der Waals surface area contributed by atoms with Gasteiger partial charge in [0.25, 0.3) is 11.1 Å². The van der Waals surface area contributed by atoms with E-state index in [0.717, 1.165) is 5.56 Å². The van der Waals surface area contributed by atoms with E-state index in [4.69, 9.17) is 9.15 Å². The first-order valence-corrected chi connectivity index (χ1v) is 9.07. The van der Waals surface area contributed by atoms with E-state index in [9.17, 15) is 4.39 Å². The summed E-state index contributed by atoms with van der Waals surface area (Å²) in [6.45, 7) is 2.47. The molecule has 0 radical (unpaired) electrons. The first-order chi connectivity index (χ1) is 11.7. The summed E-state index contributed by atoms with van der Waals surface area (Å²) in [5.41, 5.74) is 1.33. The molecule has 0 aliphatic heterocycles. The van der Waals surface area contributed by atoms with Gasteiger partial charge in [0.05, 0.1) is 12.2 Å². The molecule has 2 aromatic carbocycles. The minimum atomic E-state index is -0.265. The van der Waals surface area contributed by atoms with Crippen LogP contribution in [-0.2, 0) is 5.75 Å². The second-order valence-electron chi connectivity index (χ2n) is 4.83. The van der Waals surface area contributed by atoms with E-state index in [-0.39, 0.29) is 5.82 Å². The fourth-order valence-electron chi connectivity index (χ4n) is 2.08. The van der Waals surface area contributed by atoms with E-state index in [1.165, 1.54) is 17.8 Å². The van der Waals surface area contributed by atoms with Gasteiger partial charge in [-0.25, -0.2) is 4.39 Å². The first kappa shape index (κ1) is 17.0. The number of para-hydroxylation sites is 1. The maximum Gasteiger partial charge on any atom is 0.277 e. The molecule has 0 N–H and O–H groups in total. The molecule has 0 saturated heterocycles. The number of halogens is 2. The molecule has 3 rings (SSSR count). The Balaban J connectivity index is 1.74. The average molecular weight is 409 g/mol. The Morgan fingerprint density at radius 3 is 2.83 bits per heavy atom. The summed E-state index contributed by atoms with van der Waals surface area (Å²) >= 11 is 4.53. The fourth-order valence-corrected chi connectivity index (χ4v) is 3.16. The molecule has 0 saturated carbocycles. The van der Waals surface area contributed by atoms with Crippen molar-refractivity contribution >= 4 is 27.7 Å². The van der Waals surface area contributed by atoms with E-state index in [2.05, 4.69) is 26.1 Å². The summed E-state index contributed by atoms with van der Waals surface area (Å²) in [6, 6.07) is 12.5. The molecule has 0 amide bonds. The lowest BCUT2D eigenvalue weighted by atomic mass is 10.2. The largest absolute Gasteiger partial charge is 0.493 e. The fraction of sp³-hybridized carbons (Fsp3) is 0.176. The van der Waals surface area contributed by atoms with E-state index in [1.807, 2.05) is 31.2 Å². The molecule has 124 valence electrons. The maximum atomic E-state index is 13.8. The molecule has 4 nitrogen and oxygen atoms in total. The van der Waals surface area contributed by atoms with Gasteiger partial charge in [0.2, 0.25) is 0 Å². The molecule has 1 heterocycles. The van der Waals surface area contributed by atoms with Gasteiger partial charge in [0.1, 0.15) is 11.6 Å². The summed E-state index contributed by atoms with van der Waals surface area (Å²) in [7, 11) is 0. The lowest BCUT2D eigenvalue weighted by Gasteiger charge is -2.06. The van der Waals surface area contributed by atoms with Gasteiger partial charge in [-0.1, -0.05) is 45.9 Å². The normalized spacial score (nSPS) is 10.8. The van der Waals surface area contributed by atoms with Crippen LogP contribution < -0.4 is 4.74 Å². The zero-order valence-electron chi connectivity index (χ0n) is 12.8. The SMILES string of the molecule is CCOc1ccccc1-c1nnc(SCc2ccc(Br)cc2F)o1. The number of ether oxygens (including phenoxy) is 1. The Kier molecular flexibility index (Phi) is 5.52. The van der Waals surface area contributed by atoms with Gasteiger partial charge in [0, 0.05) is 10.2 Å².